The van der Waals surface area contributed by atoms with Crippen molar-refractivity contribution in [1.29, 1.82) is 0 Å². The summed E-state index contributed by atoms with van der Waals surface area (Å²) in [6, 6.07) is 10.7. The Morgan fingerprint density at radius 1 is 1.13 bits per heavy atom. The minimum atomic E-state index is -0.156. The van der Waals surface area contributed by atoms with Gasteiger partial charge < -0.3 is 10.2 Å². The van der Waals surface area contributed by atoms with Crippen LogP contribution >= 0.6 is 0 Å². The summed E-state index contributed by atoms with van der Waals surface area (Å²) >= 11 is 0. The summed E-state index contributed by atoms with van der Waals surface area (Å²) in [6.45, 7) is 0.684. The van der Waals surface area contributed by atoms with E-state index in [4.69, 9.17) is 0 Å². The van der Waals surface area contributed by atoms with Crippen molar-refractivity contribution < 1.29 is 9.59 Å². The molecule has 2 amide bonds. The van der Waals surface area contributed by atoms with E-state index in [0.717, 1.165) is 19.3 Å². The summed E-state index contributed by atoms with van der Waals surface area (Å²) in [7, 11) is 1.81. The second-order valence-corrected chi connectivity index (χ2v) is 6.92. The van der Waals surface area contributed by atoms with Crippen molar-refractivity contribution in [3.63, 3.8) is 0 Å². The average molecular weight is 314 g/mol. The molecule has 1 aliphatic heterocycles. The normalized spacial score (nSPS) is 28.5. The van der Waals surface area contributed by atoms with Crippen molar-refractivity contribution in [2.24, 2.45) is 5.92 Å². The van der Waals surface area contributed by atoms with E-state index in [2.05, 4.69) is 29.6 Å². The lowest BCUT2D eigenvalue weighted by molar-refractivity contribution is -0.139. The molecular weight excluding hydrogens is 288 g/mol. The highest BCUT2D eigenvalue weighted by atomic mass is 16.2. The number of piperidine rings is 1. The SMILES string of the molecule is CN1CC[C@H](C(=O)N[C@H]2CCCC[C@@H]2c2ccccc2)CC1=O. The number of carbonyl (C=O) groups excluding carboxylic acids is 2. The Bertz CT molecular complexity index is 558. The monoisotopic (exact) mass is 314 g/mol. The Hall–Kier alpha value is -1.84. The molecule has 1 aromatic carbocycles. The maximum absolute atomic E-state index is 12.6. The molecule has 1 heterocycles. The molecule has 0 spiro atoms. The number of hydrogen-bond donors (Lipinski definition) is 1. The Labute approximate surface area is 138 Å². The molecule has 4 nitrogen and oxygen atoms in total. The molecule has 1 N–H and O–H groups in total. The molecule has 1 aromatic rings. The molecule has 4 heteroatoms. The first kappa shape index (κ1) is 16.0. The van der Waals surface area contributed by atoms with Crippen LogP contribution in [0.5, 0.6) is 0 Å². The highest BCUT2D eigenvalue weighted by molar-refractivity contribution is 5.87. The number of benzene rings is 1. The second kappa shape index (κ2) is 7.16. The summed E-state index contributed by atoms with van der Waals surface area (Å²) in [4.78, 5) is 26.2. The lowest BCUT2D eigenvalue weighted by atomic mass is 9.79. The van der Waals surface area contributed by atoms with Gasteiger partial charge in [0, 0.05) is 37.9 Å². The third-order valence-electron chi connectivity index (χ3n) is 5.35. The number of hydrogen-bond acceptors (Lipinski definition) is 2. The standard InChI is InChI=1S/C19H26N2O2/c1-21-12-11-15(13-18(21)22)19(23)20-17-10-6-5-9-16(17)14-7-3-2-4-8-14/h2-4,7-8,15-17H,5-6,9-13H2,1H3,(H,20,23)/t15-,16+,17-/m0/s1. The number of amides is 2. The van der Waals surface area contributed by atoms with Crippen LogP contribution in [-0.2, 0) is 9.59 Å². The van der Waals surface area contributed by atoms with Crippen LogP contribution in [0.2, 0.25) is 0 Å². The van der Waals surface area contributed by atoms with Gasteiger partial charge in [0.2, 0.25) is 11.8 Å². The number of carbonyl (C=O) groups is 2. The summed E-state index contributed by atoms with van der Waals surface area (Å²) in [6.07, 6.45) is 5.67. The molecule has 2 aliphatic rings. The largest absolute Gasteiger partial charge is 0.353 e. The highest BCUT2D eigenvalue weighted by Crippen LogP contribution is 2.33. The smallest absolute Gasteiger partial charge is 0.223 e. The zero-order chi connectivity index (χ0) is 16.2. The van der Waals surface area contributed by atoms with Crippen LogP contribution < -0.4 is 5.32 Å². The molecule has 0 radical (unpaired) electrons. The summed E-state index contributed by atoms with van der Waals surface area (Å²) in [5.41, 5.74) is 1.32. The van der Waals surface area contributed by atoms with Crippen molar-refractivity contribution >= 4 is 11.8 Å². The van der Waals surface area contributed by atoms with Gasteiger partial charge in [0.05, 0.1) is 0 Å². The maximum Gasteiger partial charge on any atom is 0.223 e. The zero-order valence-corrected chi connectivity index (χ0v) is 13.8. The summed E-state index contributed by atoms with van der Waals surface area (Å²) in [5, 5.41) is 3.26. The third kappa shape index (κ3) is 3.74. The fraction of sp³-hybridized carbons (Fsp3) is 0.579. The van der Waals surface area contributed by atoms with E-state index in [9.17, 15) is 9.59 Å². The fourth-order valence-electron chi connectivity index (χ4n) is 3.87. The molecular formula is C19H26N2O2. The summed E-state index contributed by atoms with van der Waals surface area (Å²) < 4.78 is 0. The molecule has 23 heavy (non-hydrogen) atoms. The van der Waals surface area contributed by atoms with Crippen LogP contribution in [0, 0.1) is 5.92 Å². The van der Waals surface area contributed by atoms with Crippen LogP contribution in [0.1, 0.15) is 50.0 Å². The highest BCUT2D eigenvalue weighted by Gasteiger charge is 2.33. The Morgan fingerprint density at radius 2 is 1.87 bits per heavy atom. The topological polar surface area (TPSA) is 49.4 Å². The van der Waals surface area contributed by atoms with Crippen molar-refractivity contribution in [2.45, 2.75) is 50.5 Å². The number of rotatable bonds is 3. The van der Waals surface area contributed by atoms with Gasteiger partial charge >= 0.3 is 0 Å². The second-order valence-electron chi connectivity index (χ2n) is 6.92. The maximum atomic E-state index is 12.6. The van der Waals surface area contributed by atoms with Crippen LogP contribution in [0.3, 0.4) is 0 Å². The fourth-order valence-corrected chi connectivity index (χ4v) is 3.87. The van der Waals surface area contributed by atoms with Crippen LogP contribution in [0.15, 0.2) is 30.3 Å². The van der Waals surface area contributed by atoms with Gasteiger partial charge in [0.1, 0.15) is 0 Å². The van der Waals surface area contributed by atoms with E-state index in [1.165, 1.54) is 18.4 Å². The molecule has 0 bridgehead atoms. The van der Waals surface area contributed by atoms with Crippen molar-refractivity contribution in [1.82, 2.24) is 10.2 Å². The zero-order valence-electron chi connectivity index (χ0n) is 13.8. The first-order valence-corrected chi connectivity index (χ1v) is 8.74. The molecule has 1 saturated heterocycles. The van der Waals surface area contributed by atoms with Gasteiger partial charge in [-0.3, -0.25) is 9.59 Å². The average Bonchev–Trinajstić information content (AvgIpc) is 2.58. The Kier molecular flexibility index (Phi) is 4.99. The van der Waals surface area contributed by atoms with Crippen LogP contribution in [-0.4, -0.2) is 36.3 Å². The Balaban J connectivity index is 1.65. The Morgan fingerprint density at radius 3 is 2.61 bits per heavy atom. The first-order valence-electron chi connectivity index (χ1n) is 8.74. The lowest BCUT2D eigenvalue weighted by Gasteiger charge is -2.35. The third-order valence-corrected chi connectivity index (χ3v) is 5.35. The van der Waals surface area contributed by atoms with E-state index in [1.54, 1.807) is 4.90 Å². The molecule has 0 aromatic heterocycles. The predicted molar refractivity (Wildman–Crippen MR) is 89.9 cm³/mol. The summed E-state index contributed by atoms with van der Waals surface area (Å²) in [5.74, 6) is 0.395. The van der Waals surface area contributed by atoms with E-state index >= 15 is 0 Å². The van der Waals surface area contributed by atoms with E-state index in [-0.39, 0.29) is 23.8 Å². The van der Waals surface area contributed by atoms with Crippen molar-refractivity contribution in [3.8, 4) is 0 Å². The quantitative estimate of drug-likeness (QED) is 0.932. The van der Waals surface area contributed by atoms with Gasteiger partial charge in [-0.15, -0.1) is 0 Å². The first-order chi connectivity index (χ1) is 11.1. The van der Waals surface area contributed by atoms with Gasteiger partial charge in [-0.1, -0.05) is 43.2 Å². The molecule has 3 atom stereocenters. The van der Waals surface area contributed by atoms with Gasteiger partial charge in [0.15, 0.2) is 0 Å². The van der Waals surface area contributed by atoms with E-state index in [0.29, 0.717) is 18.9 Å². The van der Waals surface area contributed by atoms with Crippen molar-refractivity contribution in [3.05, 3.63) is 35.9 Å². The van der Waals surface area contributed by atoms with Crippen molar-refractivity contribution in [2.75, 3.05) is 13.6 Å². The molecule has 3 rings (SSSR count). The molecule has 2 fully saturated rings. The van der Waals surface area contributed by atoms with Crippen LogP contribution in [0.25, 0.3) is 0 Å². The van der Waals surface area contributed by atoms with E-state index in [1.807, 2.05) is 13.1 Å². The predicted octanol–water partition coefficient (Wildman–Crippen LogP) is 2.70. The van der Waals surface area contributed by atoms with E-state index < -0.39 is 0 Å². The number of nitrogens with one attached hydrogen (secondary N) is 1. The molecule has 0 unspecified atom stereocenters. The molecule has 1 aliphatic carbocycles. The number of nitrogens with zero attached hydrogens (tertiary/aromatic N) is 1. The van der Waals surface area contributed by atoms with Gasteiger partial charge in [-0.2, -0.15) is 0 Å². The lowest BCUT2D eigenvalue weighted by Crippen LogP contribution is -2.47. The minimum Gasteiger partial charge on any atom is -0.353 e. The van der Waals surface area contributed by atoms with Gasteiger partial charge in [0.25, 0.3) is 0 Å². The molecule has 1 saturated carbocycles. The van der Waals surface area contributed by atoms with Gasteiger partial charge in [-0.05, 0) is 24.8 Å². The van der Waals surface area contributed by atoms with Crippen LogP contribution in [0.4, 0.5) is 0 Å². The van der Waals surface area contributed by atoms with Gasteiger partial charge in [-0.25, -0.2) is 0 Å². The number of likely N-dealkylation sites (tertiary alicyclic amines) is 1. The molecule has 124 valence electrons. The minimum absolute atomic E-state index is 0.0688.